The Morgan fingerprint density at radius 3 is 2.58 bits per heavy atom. The van der Waals surface area contributed by atoms with Crippen LogP contribution >= 0.6 is 24.0 Å². The van der Waals surface area contributed by atoms with Crippen LogP contribution in [0.5, 0.6) is 5.75 Å². The van der Waals surface area contributed by atoms with Crippen molar-refractivity contribution < 1.29 is 13.2 Å². The molecule has 0 saturated carbocycles. The first-order valence-electron chi connectivity index (χ1n) is 10.2. The third kappa shape index (κ3) is 6.49. The number of nitrogens with zero attached hydrogens (tertiary/aromatic N) is 3. The van der Waals surface area contributed by atoms with Crippen LogP contribution in [0.2, 0.25) is 0 Å². The third-order valence-electron chi connectivity index (χ3n) is 5.05. The minimum Gasteiger partial charge on any atom is -0.494 e. The van der Waals surface area contributed by atoms with Gasteiger partial charge >= 0.3 is 0 Å². The molecule has 9 heteroatoms. The van der Waals surface area contributed by atoms with Crippen molar-refractivity contribution in [2.45, 2.75) is 19.9 Å². The van der Waals surface area contributed by atoms with Crippen molar-refractivity contribution in [2.75, 3.05) is 43.8 Å². The fourth-order valence-electron chi connectivity index (χ4n) is 3.59. The Morgan fingerprint density at radius 2 is 1.90 bits per heavy atom. The molecular weight excluding hydrogens is 527 g/mol. The molecule has 0 aromatic heterocycles. The average molecular weight is 558 g/mol. The van der Waals surface area contributed by atoms with Crippen molar-refractivity contribution in [1.29, 1.82) is 0 Å². The molecule has 0 spiro atoms. The monoisotopic (exact) mass is 558 g/mol. The highest BCUT2D eigenvalue weighted by Gasteiger charge is 2.28. The van der Waals surface area contributed by atoms with Crippen LogP contribution < -0.4 is 14.4 Å². The summed E-state index contributed by atoms with van der Waals surface area (Å²) >= 11 is 0. The number of anilines is 1. The van der Waals surface area contributed by atoms with E-state index in [1.807, 2.05) is 67.4 Å². The lowest BCUT2D eigenvalue weighted by Crippen LogP contribution is -2.42. The summed E-state index contributed by atoms with van der Waals surface area (Å²) in [6, 6.07) is 15.6. The second kappa shape index (κ2) is 11.6. The highest BCUT2D eigenvalue weighted by Crippen LogP contribution is 2.29. The smallest absolute Gasteiger partial charge is 0.236 e. The maximum atomic E-state index is 12.8. The van der Waals surface area contributed by atoms with Crippen molar-refractivity contribution in [2.24, 2.45) is 4.99 Å². The normalized spacial score (nSPS) is 13.4. The van der Waals surface area contributed by atoms with Gasteiger partial charge in [0.25, 0.3) is 0 Å². The van der Waals surface area contributed by atoms with Crippen LogP contribution in [-0.4, -0.2) is 58.8 Å². The molecule has 0 bridgehead atoms. The van der Waals surface area contributed by atoms with E-state index in [0.717, 1.165) is 29.0 Å². The van der Waals surface area contributed by atoms with Gasteiger partial charge < -0.3 is 15.0 Å². The first-order chi connectivity index (χ1) is 14.4. The van der Waals surface area contributed by atoms with Gasteiger partial charge in [0.2, 0.25) is 10.0 Å². The van der Waals surface area contributed by atoms with Gasteiger partial charge in [0, 0.05) is 33.7 Å². The Labute approximate surface area is 202 Å². The Bertz CT molecular complexity index is 981. The lowest BCUT2D eigenvalue weighted by molar-refractivity contribution is 0.340. The summed E-state index contributed by atoms with van der Waals surface area (Å²) in [6.45, 7) is 4.05. The van der Waals surface area contributed by atoms with Gasteiger partial charge in [-0.05, 0) is 42.7 Å². The number of rotatable bonds is 8. The summed E-state index contributed by atoms with van der Waals surface area (Å²) in [4.78, 5) is 6.25. The summed E-state index contributed by atoms with van der Waals surface area (Å²) in [6.07, 6.45) is 0.759. The number of benzene rings is 2. The highest BCUT2D eigenvalue weighted by atomic mass is 127. The number of halogens is 1. The van der Waals surface area contributed by atoms with Gasteiger partial charge in [-0.3, -0.25) is 9.30 Å². The van der Waals surface area contributed by atoms with Crippen molar-refractivity contribution >= 4 is 45.6 Å². The lowest BCUT2D eigenvalue weighted by atomic mass is 10.2. The first kappa shape index (κ1) is 25.3. The molecule has 0 aliphatic carbocycles. The fourth-order valence-corrected chi connectivity index (χ4v) is 5.02. The van der Waals surface area contributed by atoms with Gasteiger partial charge in [-0.1, -0.05) is 30.3 Å². The maximum Gasteiger partial charge on any atom is 0.236 e. The van der Waals surface area contributed by atoms with Crippen LogP contribution in [0, 0.1) is 0 Å². The molecule has 1 N–H and O–H groups in total. The second-order valence-corrected chi connectivity index (χ2v) is 9.19. The molecule has 1 heterocycles. The number of ether oxygens (including phenoxy) is 1. The van der Waals surface area contributed by atoms with Crippen molar-refractivity contribution in [3.8, 4) is 5.75 Å². The molecule has 1 aliphatic heterocycles. The predicted molar refractivity (Wildman–Crippen MR) is 137 cm³/mol. The van der Waals surface area contributed by atoms with Crippen molar-refractivity contribution in [1.82, 2.24) is 10.2 Å². The van der Waals surface area contributed by atoms with E-state index in [-0.39, 0.29) is 29.7 Å². The van der Waals surface area contributed by atoms with Crippen LogP contribution in [0.4, 0.5) is 5.69 Å². The molecule has 0 radical (unpaired) electrons. The zero-order chi connectivity index (χ0) is 21.6. The van der Waals surface area contributed by atoms with E-state index in [1.54, 1.807) is 7.05 Å². The standard InChI is InChI=1S/C22H30N4O3S.HI/c1-4-29-20-11-9-18(10-12-20)17-25(3)22(23-2)24-14-16-30(27,28)26-15-13-19-7-5-6-8-21(19)26;/h5-12H,4,13-17H2,1-3H3,(H,23,24);1H. The second-order valence-electron chi connectivity index (χ2n) is 7.17. The minimum atomic E-state index is -3.39. The maximum absolute atomic E-state index is 12.8. The molecule has 0 amide bonds. The van der Waals surface area contributed by atoms with Crippen LogP contribution in [0.1, 0.15) is 18.1 Å². The number of hydrogen-bond acceptors (Lipinski definition) is 4. The summed E-state index contributed by atoms with van der Waals surface area (Å²) in [5, 5.41) is 3.17. The molecule has 0 saturated heterocycles. The van der Waals surface area contributed by atoms with Crippen LogP contribution in [-0.2, 0) is 23.0 Å². The van der Waals surface area contributed by atoms with E-state index >= 15 is 0 Å². The molecule has 2 aromatic carbocycles. The number of nitrogens with one attached hydrogen (secondary N) is 1. The van der Waals surface area contributed by atoms with Gasteiger partial charge in [0.1, 0.15) is 5.75 Å². The zero-order valence-electron chi connectivity index (χ0n) is 18.2. The molecule has 1 aliphatic rings. The van der Waals surface area contributed by atoms with Crippen molar-refractivity contribution in [3.05, 3.63) is 59.7 Å². The molecule has 31 heavy (non-hydrogen) atoms. The van der Waals surface area contributed by atoms with Gasteiger partial charge in [0.15, 0.2) is 5.96 Å². The topological polar surface area (TPSA) is 74.2 Å². The van der Waals surface area contributed by atoms with E-state index in [9.17, 15) is 8.42 Å². The number of hydrogen-bond donors (Lipinski definition) is 1. The molecule has 2 aromatic rings. The molecular formula is C22H31IN4O3S. The molecule has 0 fully saturated rings. The van der Waals surface area contributed by atoms with Crippen molar-refractivity contribution in [3.63, 3.8) is 0 Å². The number of para-hydroxylation sites is 1. The average Bonchev–Trinajstić information content (AvgIpc) is 3.18. The Balaban J connectivity index is 0.00000341. The van der Waals surface area contributed by atoms with Gasteiger partial charge in [-0.15, -0.1) is 24.0 Å². The molecule has 0 atom stereocenters. The van der Waals surface area contributed by atoms with Gasteiger partial charge in [-0.25, -0.2) is 8.42 Å². The molecule has 170 valence electrons. The summed E-state index contributed by atoms with van der Waals surface area (Å²) < 4.78 is 32.7. The Kier molecular flexibility index (Phi) is 9.42. The highest BCUT2D eigenvalue weighted by molar-refractivity contribution is 14.0. The first-order valence-corrected chi connectivity index (χ1v) is 11.8. The van der Waals surface area contributed by atoms with E-state index in [1.165, 1.54) is 4.31 Å². The largest absolute Gasteiger partial charge is 0.494 e. The molecule has 3 rings (SSSR count). The molecule has 0 unspecified atom stereocenters. The zero-order valence-corrected chi connectivity index (χ0v) is 21.4. The van der Waals surface area contributed by atoms with Crippen LogP contribution in [0.25, 0.3) is 0 Å². The number of sulfonamides is 1. The van der Waals surface area contributed by atoms with E-state index in [2.05, 4.69) is 10.3 Å². The number of guanidine groups is 1. The number of fused-ring (bicyclic) bond motifs is 1. The minimum absolute atomic E-state index is 0. The van der Waals surface area contributed by atoms with Crippen LogP contribution in [0.3, 0.4) is 0 Å². The van der Waals surface area contributed by atoms with Gasteiger partial charge in [-0.2, -0.15) is 0 Å². The van der Waals surface area contributed by atoms with Crippen LogP contribution in [0.15, 0.2) is 53.5 Å². The quantitative estimate of drug-likeness (QED) is 0.306. The summed E-state index contributed by atoms with van der Waals surface area (Å²) in [7, 11) is 0.236. The Hall–Kier alpha value is -2.01. The van der Waals surface area contributed by atoms with E-state index in [0.29, 0.717) is 32.2 Å². The van der Waals surface area contributed by atoms with E-state index < -0.39 is 10.0 Å². The molecule has 7 nitrogen and oxygen atoms in total. The summed E-state index contributed by atoms with van der Waals surface area (Å²) in [5.74, 6) is 1.51. The number of aliphatic imine (C=N–C) groups is 1. The SMILES string of the molecule is CCOc1ccc(CN(C)C(=NC)NCCS(=O)(=O)N2CCc3ccccc32)cc1.I. The van der Waals surface area contributed by atoms with E-state index in [4.69, 9.17) is 4.74 Å². The summed E-state index contributed by atoms with van der Waals surface area (Å²) in [5.41, 5.74) is 3.00. The van der Waals surface area contributed by atoms with Gasteiger partial charge in [0.05, 0.1) is 18.0 Å². The fraction of sp³-hybridized carbons (Fsp3) is 0.409. The third-order valence-corrected chi connectivity index (χ3v) is 6.82. The Morgan fingerprint density at radius 1 is 1.19 bits per heavy atom. The lowest BCUT2D eigenvalue weighted by Gasteiger charge is -2.23. The predicted octanol–water partition coefficient (Wildman–Crippen LogP) is 3.10.